The van der Waals surface area contributed by atoms with Gasteiger partial charge in [-0.1, -0.05) is 58.0 Å². The maximum atomic E-state index is 13.6. The smallest absolute Gasteiger partial charge is 0.410 e. The van der Waals surface area contributed by atoms with E-state index in [-0.39, 0.29) is 58.4 Å². The molecule has 2 saturated heterocycles. The third-order valence-electron chi connectivity index (χ3n) is 13.8. The lowest BCUT2D eigenvalue weighted by Gasteiger charge is -2.49. The number of likely N-dealkylation sites (tertiary alicyclic amines) is 1. The zero-order valence-corrected chi connectivity index (χ0v) is 26.2. The molecule has 228 valence electrons. The molecule has 4 aliphatic carbocycles. The van der Waals surface area contributed by atoms with E-state index >= 15 is 0 Å². The fourth-order valence-electron chi connectivity index (χ4n) is 11.7. The fourth-order valence-corrected chi connectivity index (χ4v) is 11.7. The van der Waals surface area contributed by atoms with Crippen LogP contribution in [0.2, 0.25) is 0 Å². The molecule has 2 spiro atoms. The van der Waals surface area contributed by atoms with E-state index in [0.29, 0.717) is 55.3 Å². The Morgan fingerprint density at radius 1 is 1.10 bits per heavy atom. The van der Waals surface area contributed by atoms with Crippen LogP contribution in [-0.4, -0.2) is 46.9 Å². The first-order chi connectivity index (χ1) is 20.0. The van der Waals surface area contributed by atoms with Crippen molar-refractivity contribution < 1.29 is 23.9 Å². The van der Waals surface area contributed by atoms with Gasteiger partial charge in [0.15, 0.2) is 0 Å². The molecule has 1 aromatic rings. The van der Waals surface area contributed by atoms with E-state index in [4.69, 9.17) is 9.47 Å². The zero-order valence-electron chi connectivity index (χ0n) is 26.2. The summed E-state index contributed by atoms with van der Waals surface area (Å²) in [5.74, 6) is 2.72. The Labute approximate surface area is 251 Å². The van der Waals surface area contributed by atoms with Crippen LogP contribution in [0.5, 0.6) is 0 Å². The van der Waals surface area contributed by atoms with Gasteiger partial charge in [0.25, 0.3) is 0 Å². The summed E-state index contributed by atoms with van der Waals surface area (Å²) >= 11 is 0. The standard InChI is InChI=1S/C36H49NO5/c1-22-17-29-31(37(19-22)32(40)41-20-25-9-7-6-8-10-25)24(3)36(42-29)16-14-27-26-11-12-30(39)33(4,15-13-23(2)38)28(26)18-35(27)21-34(35,36)5/h6-10,22,24,26-29,31H,11-21H2,1-5H3/t22-,24+,26-,27-,28-,29+,31-,33+,34+,35+,36+/m0/s1. The molecule has 2 aliphatic heterocycles. The predicted octanol–water partition coefficient (Wildman–Crippen LogP) is 6.99. The van der Waals surface area contributed by atoms with E-state index < -0.39 is 0 Å². The van der Waals surface area contributed by atoms with Gasteiger partial charge in [0, 0.05) is 36.1 Å². The molecule has 0 radical (unpaired) electrons. The number of piperidine rings is 1. The Balaban J connectivity index is 1.15. The summed E-state index contributed by atoms with van der Waals surface area (Å²) in [6.45, 7) is 11.9. The van der Waals surface area contributed by atoms with Crippen LogP contribution < -0.4 is 0 Å². The van der Waals surface area contributed by atoms with E-state index in [1.807, 2.05) is 35.2 Å². The number of nitrogens with zero attached hydrogens (tertiary/aromatic N) is 1. The molecule has 6 nitrogen and oxygen atoms in total. The SMILES string of the molecule is CC(=O)CC[C@@]1(C)C(=O)CC[C@H]2[C@@H]3CC[C@]4(O[C@@H]5C[C@H](C)CN(C(=O)OCc6ccccc6)[C@H]5[C@H]4C)[C@]4(C)C[C@]34C[C@@H]21. The summed E-state index contributed by atoms with van der Waals surface area (Å²) in [4.78, 5) is 41.0. The van der Waals surface area contributed by atoms with Crippen molar-refractivity contribution in [3.8, 4) is 0 Å². The number of fused-ring (bicyclic) bond motifs is 4. The highest BCUT2D eigenvalue weighted by molar-refractivity contribution is 5.86. The summed E-state index contributed by atoms with van der Waals surface area (Å²) in [5.41, 5.74) is 0.608. The number of ether oxygens (including phenoxy) is 2. The second-order valence-electron chi connectivity index (χ2n) is 15.7. The molecule has 6 heteroatoms. The van der Waals surface area contributed by atoms with Gasteiger partial charge in [-0.05, 0) is 86.5 Å². The molecular weight excluding hydrogens is 526 g/mol. The first-order valence-electron chi connectivity index (χ1n) is 16.6. The van der Waals surface area contributed by atoms with Crippen molar-refractivity contribution in [2.75, 3.05) is 6.54 Å². The number of carbonyl (C=O) groups excluding carboxylic acids is 3. The minimum Gasteiger partial charge on any atom is -0.445 e. The molecule has 0 unspecified atom stereocenters. The van der Waals surface area contributed by atoms with Crippen LogP contribution in [0.1, 0.15) is 98.0 Å². The molecule has 0 N–H and O–H groups in total. The van der Waals surface area contributed by atoms with Crippen molar-refractivity contribution in [3.05, 3.63) is 35.9 Å². The summed E-state index contributed by atoms with van der Waals surface area (Å²) in [6.07, 6.45) is 8.09. The fraction of sp³-hybridized carbons (Fsp3) is 0.750. The van der Waals surface area contributed by atoms with Crippen LogP contribution in [0.3, 0.4) is 0 Å². The van der Waals surface area contributed by atoms with Crippen LogP contribution in [0.4, 0.5) is 4.79 Å². The summed E-state index contributed by atoms with van der Waals surface area (Å²) in [7, 11) is 0. The third-order valence-corrected chi connectivity index (χ3v) is 13.8. The minimum absolute atomic E-state index is 0.0292. The molecule has 1 amide bonds. The van der Waals surface area contributed by atoms with Crippen LogP contribution in [-0.2, 0) is 25.7 Å². The number of hydrogen-bond acceptors (Lipinski definition) is 5. The molecule has 11 atom stereocenters. The van der Waals surface area contributed by atoms with Crippen molar-refractivity contribution in [1.29, 1.82) is 0 Å². The number of hydrogen-bond donors (Lipinski definition) is 0. The molecule has 7 rings (SSSR count). The van der Waals surface area contributed by atoms with Crippen molar-refractivity contribution in [3.63, 3.8) is 0 Å². The van der Waals surface area contributed by atoms with E-state index in [0.717, 1.165) is 44.1 Å². The number of Topliss-reactive ketones (excluding diaryl/α,β-unsaturated/α-hetero) is 2. The molecule has 6 aliphatic rings. The van der Waals surface area contributed by atoms with Gasteiger partial charge in [-0.25, -0.2) is 4.79 Å². The van der Waals surface area contributed by atoms with Crippen molar-refractivity contribution in [2.45, 2.75) is 117 Å². The first-order valence-corrected chi connectivity index (χ1v) is 16.6. The predicted molar refractivity (Wildman–Crippen MR) is 159 cm³/mol. The van der Waals surface area contributed by atoms with Gasteiger partial charge in [-0.2, -0.15) is 0 Å². The number of rotatable bonds is 5. The van der Waals surface area contributed by atoms with Gasteiger partial charge in [-0.3, -0.25) is 4.79 Å². The van der Waals surface area contributed by atoms with Crippen LogP contribution in [0, 0.1) is 45.8 Å². The highest BCUT2D eigenvalue weighted by Crippen LogP contribution is 2.86. The Kier molecular flexibility index (Phi) is 6.56. The Morgan fingerprint density at radius 3 is 2.60 bits per heavy atom. The van der Waals surface area contributed by atoms with Gasteiger partial charge >= 0.3 is 6.09 Å². The minimum atomic E-state index is -0.387. The van der Waals surface area contributed by atoms with E-state index in [2.05, 4.69) is 27.7 Å². The molecule has 0 bridgehead atoms. The largest absolute Gasteiger partial charge is 0.445 e. The lowest BCUT2D eigenvalue weighted by atomic mass is 9.58. The number of benzene rings is 1. The van der Waals surface area contributed by atoms with Crippen LogP contribution >= 0.6 is 0 Å². The summed E-state index contributed by atoms with van der Waals surface area (Å²) < 4.78 is 13.2. The molecule has 1 aromatic carbocycles. The molecule has 42 heavy (non-hydrogen) atoms. The maximum Gasteiger partial charge on any atom is 0.410 e. The highest BCUT2D eigenvalue weighted by Gasteiger charge is 2.84. The second-order valence-corrected chi connectivity index (χ2v) is 15.7. The quantitative estimate of drug-likeness (QED) is 0.378. The molecule has 2 heterocycles. The number of ketones is 2. The molecule has 0 aromatic heterocycles. The van der Waals surface area contributed by atoms with Gasteiger partial charge < -0.3 is 19.2 Å². The highest BCUT2D eigenvalue weighted by atomic mass is 16.6. The van der Waals surface area contributed by atoms with Gasteiger partial charge in [0.05, 0.1) is 17.7 Å². The summed E-state index contributed by atoms with van der Waals surface area (Å²) in [6, 6.07) is 9.94. The van der Waals surface area contributed by atoms with Crippen LogP contribution in [0.25, 0.3) is 0 Å². The Hall–Kier alpha value is -2.21. The number of amides is 1. The number of carbonyl (C=O) groups is 3. The van der Waals surface area contributed by atoms with Crippen molar-refractivity contribution in [2.24, 2.45) is 45.8 Å². The van der Waals surface area contributed by atoms with Crippen molar-refractivity contribution >= 4 is 17.7 Å². The zero-order chi connectivity index (χ0) is 29.7. The topological polar surface area (TPSA) is 72.9 Å². The Morgan fingerprint density at radius 2 is 1.86 bits per heavy atom. The average Bonchev–Trinajstić information content (AvgIpc) is 3.31. The van der Waals surface area contributed by atoms with Crippen LogP contribution in [0.15, 0.2) is 30.3 Å². The van der Waals surface area contributed by atoms with Gasteiger partial charge in [-0.15, -0.1) is 0 Å². The second kappa shape index (κ2) is 9.64. The third kappa shape index (κ3) is 3.81. The maximum absolute atomic E-state index is 13.6. The Bertz CT molecular complexity index is 1280. The van der Waals surface area contributed by atoms with E-state index in [1.165, 1.54) is 0 Å². The summed E-state index contributed by atoms with van der Waals surface area (Å²) in [5, 5.41) is 0. The van der Waals surface area contributed by atoms with E-state index in [9.17, 15) is 14.4 Å². The molecule has 4 saturated carbocycles. The van der Waals surface area contributed by atoms with Crippen molar-refractivity contribution in [1.82, 2.24) is 4.90 Å². The first kappa shape index (κ1) is 28.6. The lowest BCUT2D eigenvalue weighted by Crippen LogP contribution is -2.56. The van der Waals surface area contributed by atoms with Gasteiger partial charge in [0.2, 0.25) is 0 Å². The molecular formula is C36H49NO5. The van der Waals surface area contributed by atoms with Gasteiger partial charge in [0.1, 0.15) is 18.2 Å². The van der Waals surface area contributed by atoms with E-state index in [1.54, 1.807) is 6.92 Å². The lowest BCUT2D eigenvalue weighted by molar-refractivity contribution is -0.148. The molecule has 6 fully saturated rings. The normalized spacial score (nSPS) is 46.9. The monoisotopic (exact) mass is 575 g/mol. The average molecular weight is 576 g/mol.